The summed E-state index contributed by atoms with van der Waals surface area (Å²) in [5.74, 6) is 0.838. The second-order valence-corrected chi connectivity index (χ2v) is 7.22. The Morgan fingerprint density at radius 3 is 2.67 bits per heavy atom. The van der Waals surface area contributed by atoms with Crippen LogP contribution in [-0.2, 0) is 13.0 Å². The highest BCUT2D eigenvalue weighted by Crippen LogP contribution is 2.17. The number of benzene rings is 2. The molecule has 1 N–H and O–H groups in total. The van der Waals surface area contributed by atoms with Gasteiger partial charge in [-0.1, -0.05) is 35.9 Å². The van der Waals surface area contributed by atoms with Gasteiger partial charge in [-0.3, -0.25) is 4.79 Å². The van der Waals surface area contributed by atoms with Gasteiger partial charge in [-0.25, -0.2) is 4.98 Å². The highest BCUT2D eigenvalue weighted by atomic mass is 35.5. The Morgan fingerprint density at radius 1 is 1.15 bits per heavy atom. The predicted molar refractivity (Wildman–Crippen MR) is 110 cm³/mol. The fraction of sp³-hybridized carbons (Fsp3) is 0.333. The van der Waals surface area contributed by atoms with Gasteiger partial charge < -0.3 is 14.8 Å². The van der Waals surface area contributed by atoms with E-state index < -0.39 is 0 Å². The first kappa shape index (κ1) is 19.4. The number of nitrogens with one attached hydrogen (secondary N) is 1. The predicted octanol–water partition coefficient (Wildman–Crippen LogP) is 3.61. The van der Waals surface area contributed by atoms with Gasteiger partial charge >= 0.3 is 0 Å². The molecule has 2 aromatic carbocycles. The summed E-state index contributed by atoms with van der Waals surface area (Å²) in [6, 6.07) is 15.3. The maximum absolute atomic E-state index is 12.3. The number of halogens is 1. The lowest BCUT2D eigenvalue weighted by Gasteiger charge is -2.13. The van der Waals surface area contributed by atoms with Crippen molar-refractivity contribution < 1.29 is 4.79 Å². The van der Waals surface area contributed by atoms with E-state index in [1.807, 2.05) is 30.3 Å². The number of rotatable bonds is 8. The van der Waals surface area contributed by atoms with Crippen molar-refractivity contribution in [2.75, 3.05) is 27.2 Å². The van der Waals surface area contributed by atoms with Gasteiger partial charge in [0.15, 0.2) is 0 Å². The molecule has 142 valence electrons. The van der Waals surface area contributed by atoms with E-state index in [9.17, 15) is 4.79 Å². The van der Waals surface area contributed by atoms with Crippen molar-refractivity contribution in [1.29, 1.82) is 0 Å². The molecule has 0 unspecified atom stereocenters. The Bertz CT molecular complexity index is 919. The maximum Gasteiger partial charge on any atom is 0.252 e. The average Bonchev–Trinajstić information content (AvgIpc) is 2.99. The van der Waals surface area contributed by atoms with Gasteiger partial charge in [0.2, 0.25) is 0 Å². The van der Waals surface area contributed by atoms with Crippen molar-refractivity contribution in [2.45, 2.75) is 19.4 Å². The lowest BCUT2D eigenvalue weighted by molar-refractivity contribution is 0.0954. The molecule has 1 amide bonds. The fourth-order valence-corrected chi connectivity index (χ4v) is 3.36. The molecular weight excluding hydrogens is 360 g/mol. The zero-order valence-corrected chi connectivity index (χ0v) is 16.5. The first-order valence-corrected chi connectivity index (χ1v) is 9.55. The van der Waals surface area contributed by atoms with Crippen molar-refractivity contribution in [2.24, 2.45) is 0 Å². The van der Waals surface area contributed by atoms with E-state index in [-0.39, 0.29) is 5.91 Å². The van der Waals surface area contributed by atoms with Crippen molar-refractivity contribution in [3.05, 3.63) is 64.9 Å². The van der Waals surface area contributed by atoms with Gasteiger partial charge in [-0.05, 0) is 51.3 Å². The molecule has 0 aliphatic carbocycles. The van der Waals surface area contributed by atoms with Crippen LogP contribution in [0.4, 0.5) is 0 Å². The number of carbonyl (C=O) groups excluding carboxylic acids is 1. The number of hydrogen-bond acceptors (Lipinski definition) is 3. The molecule has 0 saturated heterocycles. The van der Waals surface area contributed by atoms with Gasteiger partial charge in [0.25, 0.3) is 5.91 Å². The van der Waals surface area contributed by atoms with E-state index in [4.69, 9.17) is 16.6 Å². The van der Waals surface area contributed by atoms with Crippen molar-refractivity contribution >= 4 is 28.5 Å². The molecule has 0 radical (unpaired) electrons. The van der Waals surface area contributed by atoms with Crippen LogP contribution < -0.4 is 5.32 Å². The standard InChI is InChI=1S/C21H25ClN4O/c1-25(2)14-7-15-26-19-11-6-5-10-18(19)24-20(26)12-13-23-21(27)16-8-3-4-9-17(16)22/h3-6,8-11H,7,12-15H2,1-2H3,(H,23,27). The van der Waals surface area contributed by atoms with Crippen LogP contribution in [-0.4, -0.2) is 47.5 Å². The van der Waals surface area contributed by atoms with E-state index >= 15 is 0 Å². The number of nitrogens with zero attached hydrogens (tertiary/aromatic N) is 3. The Hall–Kier alpha value is -2.37. The smallest absolute Gasteiger partial charge is 0.252 e. The molecular formula is C21H25ClN4O. The molecule has 5 nitrogen and oxygen atoms in total. The summed E-state index contributed by atoms with van der Waals surface area (Å²) in [6.07, 6.45) is 1.72. The van der Waals surface area contributed by atoms with Gasteiger partial charge in [-0.2, -0.15) is 0 Å². The second kappa shape index (κ2) is 9.02. The topological polar surface area (TPSA) is 50.2 Å². The summed E-state index contributed by atoms with van der Waals surface area (Å²) >= 11 is 6.10. The highest BCUT2D eigenvalue weighted by Gasteiger charge is 2.12. The first-order chi connectivity index (χ1) is 13.1. The number of imidazole rings is 1. The van der Waals surface area contributed by atoms with Gasteiger partial charge in [0, 0.05) is 19.5 Å². The van der Waals surface area contributed by atoms with E-state index in [1.165, 1.54) is 0 Å². The molecule has 3 aromatic rings. The van der Waals surface area contributed by atoms with Crippen molar-refractivity contribution in [3.63, 3.8) is 0 Å². The molecule has 0 saturated carbocycles. The van der Waals surface area contributed by atoms with Crippen molar-refractivity contribution in [3.8, 4) is 0 Å². The van der Waals surface area contributed by atoms with Gasteiger partial charge in [0.1, 0.15) is 5.82 Å². The van der Waals surface area contributed by atoms with Crippen LogP contribution in [0.25, 0.3) is 11.0 Å². The van der Waals surface area contributed by atoms with Crippen LogP contribution in [0, 0.1) is 0 Å². The van der Waals surface area contributed by atoms with Crippen LogP contribution in [0.1, 0.15) is 22.6 Å². The van der Waals surface area contributed by atoms with Crippen LogP contribution in [0.15, 0.2) is 48.5 Å². The molecule has 0 aliphatic heterocycles. The van der Waals surface area contributed by atoms with E-state index in [0.29, 0.717) is 23.6 Å². The largest absolute Gasteiger partial charge is 0.352 e. The molecule has 0 aliphatic rings. The third kappa shape index (κ3) is 4.87. The van der Waals surface area contributed by atoms with Crippen LogP contribution >= 0.6 is 11.6 Å². The SMILES string of the molecule is CN(C)CCCn1c(CCNC(=O)c2ccccc2Cl)nc2ccccc21. The maximum atomic E-state index is 12.3. The van der Waals surface area contributed by atoms with Gasteiger partial charge in [-0.15, -0.1) is 0 Å². The molecule has 27 heavy (non-hydrogen) atoms. The number of para-hydroxylation sites is 2. The summed E-state index contributed by atoms with van der Waals surface area (Å²) in [4.78, 5) is 19.3. The Labute approximate surface area is 165 Å². The van der Waals surface area contributed by atoms with Crippen LogP contribution in [0.5, 0.6) is 0 Å². The third-order valence-corrected chi connectivity index (χ3v) is 4.80. The number of amides is 1. The fourth-order valence-electron chi connectivity index (χ4n) is 3.14. The van der Waals surface area contributed by atoms with Crippen LogP contribution in [0.3, 0.4) is 0 Å². The highest BCUT2D eigenvalue weighted by molar-refractivity contribution is 6.33. The molecule has 0 fully saturated rings. The van der Waals surface area contributed by atoms with E-state index in [0.717, 1.165) is 36.4 Å². The molecule has 1 heterocycles. The summed E-state index contributed by atoms with van der Waals surface area (Å²) in [5, 5.41) is 3.41. The lowest BCUT2D eigenvalue weighted by atomic mass is 10.2. The molecule has 0 spiro atoms. The Balaban J connectivity index is 1.68. The molecule has 6 heteroatoms. The summed E-state index contributed by atoms with van der Waals surface area (Å²) in [7, 11) is 4.16. The number of hydrogen-bond donors (Lipinski definition) is 1. The van der Waals surface area contributed by atoms with Gasteiger partial charge in [0.05, 0.1) is 21.6 Å². The summed E-state index contributed by atoms with van der Waals surface area (Å²) < 4.78 is 2.26. The monoisotopic (exact) mass is 384 g/mol. The third-order valence-electron chi connectivity index (χ3n) is 4.47. The summed E-state index contributed by atoms with van der Waals surface area (Å²) in [6.45, 7) is 2.45. The number of fused-ring (bicyclic) bond motifs is 1. The van der Waals surface area contributed by atoms with E-state index in [2.05, 4.69) is 34.9 Å². The normalized spacial score (nSPS) is 11.3. The number of aromatic nitrogens is 2. The molecule has 1 aromatic heterocycles. The number of aryl methyl sites for hydroxylation is 1. The van der Waals surface area contributed by atoms with Crippen molar-refractivity contribution in [1.82, 2.24) is 19.8 Å². The quantitative estimate of drug-likeness (QED) is 0.645. The Kier molecular flexibility index (Phi) is 6.48. The first-order valence-electron chi connectivity index (χ1n) is 9.18. The second-order valence-electron chi connectivity index (χ2n) is 6.81. The molecule has 0 atom stereocenters. The zero-order chi connectivity index (χ0) is 19.2. The Morgan fingerprint density at radius 2 is 1.89 bits per heavy atom. The van der Waals surface area contributed by atoms with Crippen LogP contribution in [0.2, 0.25) is 5.02 Å². The van der Waals surface area contributed by atoms with E-state index in [1.54, 1.807) is 12.1 Å². The zero-order valence-electron chi connectivity index (χ0n) is 15.8. The minimum atomic E-state index is -0.157. The summed E-state index contributed by atoms with van der Waals surface area (Å²) in [5.41, 5.74) is 2.64. The minimum Gasteiger partial charge on any atom is -0.352 e. The lowest BCUT2D eigenvalue weighted by Crippen LogP contribution is -2.27. The molecule has 3 rings (SSSR count). The minimum absolute atomic E-state index is 0.157. The molecule has 0 bridgehead atoms. The average molecular weight is 385 g/mol. The number of carbonyl (C=O) groups is 1.